The molecule has 0 aliphatic heterocycles. The number of benzene rings is 1. The van der Waals surface area contributed by atoms with Gasteiger partial charge in [-0.05, 0) is 30.7 Å². The minimum Gasteiger partial charge on any atom is -0.377 e. The lowest BCUT2D eigenvalue weighted by Gasteiger charge is -2.16. The number of aryl methyl sites for hydroxylation is 1. The topological polar surface area (TPSA) is 59.2 Å². The Kier molecular flexibility index (Phi) is 3.19. The van der Waals surface area contributed by atoms with Crippen LogP contribution in [0.3, 0.4) is 0 Å². The van der Waals surface area contributed by atoms with Crippen molar-refractivity contribution in [1.29, 1.82) is 0 Å². The lowest BCUT2D eigenvalue weighted by Crippen LogP contribution is -2.14. The molecule has 0 bridgehead atoms. The van der Waals surface area contributed by atoms with Gasteiger partial charge in [0.1, 0.15) is 0 Å². The van der Waals surface area contributed by atoms with E-state index in [4.69, 9.17) is 5.73 Å². The van der Waals surface area contributed by atoms with Crippen LogP contribution < -0.4 is 10.6 Å². The van der Waals surface area contributed by atoms with Crippen molar-refractivity contribution in [3.8, 4) is 0 Å². The predicted molar refractivity (Wildman–Crippen MR) is 73.7 cm³/mol. The maximum Gasteiger partial charge on any atom is 0.221 e. The Hall–Kier alpha value is -2.10. The number of carbonyl (C=O) groups is 1. The Balaban J connectivity index is 2.63. The highest BCUT2D eigenvalue weighted by Crippen LogP contribution is 2.26. The number of amides is 1. The zero-order chi connectivity index (χ0) is 13.3. The van der Waals surface area contributed by atoms with Gasteiger partial charge >= 0.3 is 0 Å². The van der Waals surface area contributed by atoms with E-state index < -0.39 is 0 Å². The van der Waals surface area contributed by atoms with E-state index in [1.807, 2.05) is 50.2 Å². The van der Waals surface area contributed by atoms with Crippen molar-refractivity contribution >= 4 is 22.5 Å². The van der Waals surface area contributed by atoms with Crippen molar-refractivity contribution in [3.63, 3.8) is 0 Å². The number of fused-ring (bicyclic) bond motifs is 1. The second kappa shape index (κ2) is 4.64. The molecule has 1 aromatic carbocycles. The molecule has 94 valence electrons. The molecule has 18 heavy (non-hydrogen) atoms. The van der Waals surface area contributed by atoms with Crippen molar-refractivity contribution in [2.24, 2.45) is 5.73 Å². The molecule has 0 spiro atoms. The maximum atomic E-state index is 11.0. The van der Waals surface area contributed by atoms with E-state index in [0.29, 0.717) is 0 Å². The fraction of sp³-hybridized carbons (Fsp3) is 0.286. The molecule has 2 aromatic rings. The molecule has 2 rings (SSSR count). The van der Waals surface area contributed by atoms with Gasteiger partial charge in [0.15, 0.2) is 0 Å². The highest BCUT2D eigenvalue weighted by molar-refractivity contribution is 5.93. The standard InChI is InChI=1S/C14H17N3O/c1-9-6-13(17(2)3)11-7-10(8-14(15)18)4-5-12(11)16-9/h4-7H,8H2,1-3H3,(H2,15,18). The van der Waals surface area contributed by atoms with Gasteiger partial charge in [0.05, 0.1) is 11.9 Å². The first kappa shape index (κ1) is 12.4. The Morgan fingerprint density at radius 3 is 2.67 bits per heavy atom. The summed E-state index contributed by atoms with van der Waals surface area (Å²) in [5.74, 6) is -0.319. The molecule has 0 fully saturated rings. The molecule has 1 aromatic heterocycles. The largest absolute Gasteiger partial charge is 0.377 e. The first-order chi connectivity index (χ1) is 8.47. The fourth-order valence-electron chi connectivity index (χ4n) is 2.06. The summed E-state index contributed by atoms with van der Waals surface area (Å²) in [5.41, 5.74) is 9.16. The molecule has 4 heteroatoms. The minimum atomic E-state index is -0.319. The second-order valence-electron chi connectivity index (χ2n) is 4.67. The number of anilines is 1. The van der Waals surface area contributed by atoms with Crippen molar-refractivity contribution < 1.29 is 4.79 Å². The van der Waals surface area contributed by atoms with Crippen LogP contribution in [0.2, 0.25) is 0 Å². The third-order valence-electron chi connectivity index (χ3n) is 2.84. The van der Waals surface area contributed by atoms with E-state index in [9.17, 15) is 4.79 Å². The Morgan fingerprint density at radius 2 is 2.06 bits per heavy atom. The summed E-state index contributed by atoms with van der Waals surface area (Å²) in [7, 11) is 3.99. The van der Waals surface area contributed by atoms with Gasteiger partial charge in [0.2, 0.25) is 5.91 Å². The number of carbonyl (C=O) groups excluding carboxylic acids is 1. The Morgan fingerprint density at radius 1 is 1.33 bits per heavy atom. The predicted octanol–water partition coefficient (Wildman–Crippen LogP) is 1.64. The Labute approximate surface area is 106 Å². The molecule has 0 saturated heterocycles. The smallest absolute Gasteiger partial charge is 0.221 e. The zero-order valence-electron chi connectivity index (χ0n) is 10.9. The zero-order valence-corrected chi connectivity index (χ0v) is 10.9. The van der Waals surface area contributed by atoms with Crippen LogP contribution in [0.25, 0.3) is 10.9 Å². The van der Waals surface area contributed by atoms with Crippen molar-refractivity contribution in [2.75, 3.05) is 19.0 Å². The average Bonchev–Trinajstić information content (AvgIpc) is 2.27. The van der Waals surface area contributed by atoms with E-state index >= 15 is 0 Å². The van der Waals surface area contributed by atoms with Crippen LogP contribution in [0.5, 0.6) is 0 Å². The van der Waals surface area contributed by atoms with E-state index in [-0.39, 0.29) is 12.3 Å². The van der Waals surface area contributed by atoms with Gasteiger partial charge in [-0.3, -0.25) is 9.78 Å². The molecule has 0 radical (unpaired) electrons. The molecule has 0 aliphatic rings. The van der Waals surface area contributed by atoms with E-state index in [2.05, 4.69) is 4.98 Å². The van der Waals surface area contributed by atoms with Gasteiger partial charge in [-0.2, -0.15) is 0 Å². The van der Waals surface area contributed by atoms with E-state index in [0.717, 1.165) is 27.8 Å². The molecular formula is C14H17N3O. The second-order valence-corrected chi connectivity index (χ2v) is 4.67. The molecule has 4 nitrogen and oxygen atoms in total. The van der Waals surface area contributed by atoms with Gasteiger partial charge in [0, 0.05) is 30.9 Å². The normalized spacial score (nSPS) is 10.6. The first-order valence-corrected chi connectivity index (χ1v) is 5.83. The summed E-state index contributed by atoms with van der Waals surface area (Å²) in [6.45, 7) is 1.98. The van der Waals surface area contributed by atoms with Crippen LogP contribution in [0, 0.1) is 6.92 Å². The van der Waals surface area contributed by atoms with Crippen molar-refractivity contribution in [1.82, 2.24) is 4.98 Å². The molecule has 0 atom stereocenters. The molecule has 0 aliphatic carbocycles. The van der Waals surface area contributed by atoms with Crippen LogP contribution in [0.1, 0.15) is 11.3 Å². The van der Waals surface area contributed by atoms with Crippen LogP contribution in [-0.4, -0.2) is 25.0 Å². The Bertz CT molecular complexity index is 605. The van der Waals surface area contributed by atoms with Gasteiger partial charge in [0.25, 0.3) is 0 Å². The molecule has 1 heterocycles. The molecule has 2 N–H and O–H groups in total. The van der Waals surface area contributed by atoms with E-state index in [1.54, 1.807) is 0 Å². The number of nitrogens with two attached hydrogens (primary N) is 1. The van der Waals surface area contributed by atoms with Gasteiger partial charge in [-0.1, -0.05) is 6.07 Å². The number of nitrogens with zero attached hydrogens (tertiary/aromatic N) is 2. The summed E-state index contributed by atoms with van der Waals surface area (Å²) in [4.78, 5) is 17.5. The summed E-state index contributed by atoms with van der Waals surface area (Å²) in [6.07, 6.45) is 0.261. The monoisotopic (exact) mass is 243 g/mol. The number of rotatable bonds is 3. The lowest BCUT2D eigenvalue weighted by molar-refractivity contribution is -0.117. The summed E-state index contributed by atoms with van der Waals surface area (Å²) < 4.78 is 0. The SMILES string of the molecule is Cc1cc(N(C)C)c2cc(CC(N)=O)ccc2n1. The molecule has 0 saturated carbocycles. The van der Waals surface area contributed by atoms with Crippen LogP contribution >= 0.6 is 0 Å². The van der Waals surface area contributed by atoms with Crippen LogP contribution in [0.15, 0.2) is 24.3 Å². The maximum absolute atomic E-state index is 11.0. The third kappa shape index (κ3) is 2.42. The summed E-state index contributed by atoms with van der Waals surface area (Å²) in [5, 5.41) is 1.05. The van der Waals surface area contributed by atoms with Gasteiger partial charge < -0.3 is 10.6 Å². The minimum absolute atomic E-state index is 0.261. The molecule has 1 amide bonds. The fourth-order valence-corrected chi connectivity index (χ4v) is 2.06. The number of hydrogen-bond donors (Lipinski definition) is 1. The highest BCUT2D eigenvalue weighted by Gasteiger charge is 2.08. The molecule has 0 unspecified atom stereocenters. The number of hydrogen-bond acceptors (Lipinski definition) is 3. The van der Waals surface area contributed by atoms with Crippen molar-refractivity contribution in [3.05, 3.63) is 35.5 Å². The summed E-state index contributed by atoms with van der Waals surface area (Å²) in [6, 6.07) is 7.87. The summed E-state index contributed by atoms with van der Waals surface area (Å²) >= 11 is 0. The van der Waals surface area contributed by atoms with Gasteiger partial charge in [-0.25, -0.2) is 0 Å². The van der Waals surface area contributed by atoms with Gasteiger partial charge in [-0.15, -0.1) is 0 Å². The third-order valence-corrected chi connectivity index (χ3v) is 2.84. The van der Waals surface area contributed by atoms with Crippen LogP contribution in [0.4, 0.5) is 5.69 Å². The highest BCUT2D eigenvalue weighted by atomic mass is 16.1. The van der Waals surface area contributed by atoms with Crippen LogP contribution in [-0.2, 0) is 11.2 Å². The quantitative estimate of drug-likeness (QED) is 0.891. The van der Waals surface area contributed by atoms with Crippen molar-refractivity contribution in [2.45, 2.75) is 13.3 Å². The van der Waals surface area contributed by atoms with E-state index in [1.165, 1.54) is 0 Å². The average molecular weight is 243 g/mol. The lowest BCUT2D eigenvalue weighted by atomic mass is 10.1. The number of pyridine rings is 1. The number of aromatic nitrogens is 1. The molecular weight excluding hydrogens is 226 g/mol. The first-order valence-electron chi connectivity index (χ1n) is 5.83. The number of primary amides is 1.